The predicted octanol–water partition coefficient (Wildman–Crippen LogP) is 2.77. The molecule has 0 saturated heterocycles. The van der Waals surface area contributed by atoms with Crippen LogP contribution in [0.15, 0.2) is 18.3 Å². The monoisotopic (exact) mass is 314 g/mol. The molecule has 0 aliphatic heterocycles. The molecular formula is C17H26N6. The van der Waals surface area contributed by atoms with Crippen molar-refractivity contribution < 1.29 is 0 Å². The van der Waals surface area contributed by atoms with E-state index in [0.29, 0.717) is 6.04 Å². The normalized spacial score (nSPS) is 17.4. The molecule has 0 bridgehead atoms. The van der Waals surface area contributed by atoms with Gasteiger partial charge in [-0.15, -0.1) is 5.10 Å². The van der Waals surface area contributed by atoms with Gasteiger partial charge in [-0.1, -0.05) is 19.9 Å². The topological polar surface area (TPSA) is 59.7 Å². The first-order chi connectivity index (χ1) is 11.3. The van der Waals surface area contributed by atoms with E-state index in [1.54, 1.807) is 0 Å². The fourth-order valence-electron chi connectivity index (χ4n) is 3.48. The van der Waals surface area contributed by atoms with E-state index >= 15 is 0 Å². The molecule has 0 N–H and O–H groups in total. The van der Waals surface area contributed by atoms with Crippen LogP contribution in [0.1, 0.15) is 62.7 Å². The Bertz CT molecular complexity index is 623. The lowest BCUT2D eigenvalue weighted by atomic mass is 9.90. The van der Waals surface area contributed by atoms with E-state index in [1.165, 1.54) is 24.1 Å². The third kappa shape index (κ3) is 3.58. The predicted molar refractivity (Wildman–Crippen MR) is 88.7 cm³/mol. The highest BCUT2D eigenvalue weighted by molar-refractivity contribution is 5.25. The van der Waals surface area contributed by atoms with E-state index in [2.05, 4.69) is 40.3 Å². The second kappa shape index (κ2) is 7.64. The maximum absolute atomic E-state index is 4.69. The third-order valence-electron chi connectivity index (χ3n) is 4.50. The van der Waals surface area contributed by atoms with Gasteiger partial charge in [-0.2, -0.15) is 0 Å². The van der Waals surface area contributed by atoms with Crippen molar-refractivity contribution in [3.63, 3.8) is 0 Å². The van der Waals surface area contributed by atoms with Crippen LogP contribution in [-0.4, -0.2) is 36.6 Å². The van der Waals surface area contributed by atoms with E-state index in [0.717, 1.165) is 44.7 Å². The Balaban J connectivity index is 1.83. The molecule has 2 aromatic rings. The summed E-state index contributed by atoms with van der Waals surface area (Å²) in [7, 11) is 0. The van der Waals surface area contributed by atoms with Crippen molar-refractivity contribution in [1.82, 2.24) is 30.1 Å². The average molecular weight is 314 g/mol. The number of nitrogens with zero attached hydrogens (tertiary/aromatic N) is 6. The first-order valence-corrected chi connectivity index (χ1v) is 8.76. The lowest BCUT2D eigenvalue weighted by Gasteiger charge is -2.34. The van der Waals surface area contributed by atoms with Gasteiger partial charge in [0.1, 0.15) is 0 Å². The molecule has 0 spiro atoms. The summed E-state index contributed by atoms with van der Waals surface area (Å²) >= 11 is 0. The summed E-state index contributed by atoms with van der Waals surface area (Å²) in [6.07, 6.45) is 7.62. The fraction of sp³-hybridized carbons (Fsp3) is 0.647. The first kappa shape index (κ1) is 16.1. The summed E-state index contributed by atoms with van der Waals surface area (Å²) in [4.78, 5) is 7.19. The quantitative estimate of drug-likeness (QED) is 0.786. The Hall–Kier alpha value is -1.82. The van der Waals surface area contributed by atoms with Crippen LogP contribution >= 0.6 is 0 Å². The van der Waals surface area contributed by atoms with Crippen molar-refractivity contribution in [2.24, 2.45) is 0 Å². The standard InChI is InChI=1S/C17H26N6/c1-3-11-22(13-16-19-20-21-23(16)12-4-2)15-9-5-7-14-8-6-10-18-17(14)15/h6,8,10,15H,3-5,7,9,11-13H2,1-2H3. The Kier molecular flexibility index (Phi) is 5.33. The number of hydrogen-bond donors (Lipinski definition) is 0. The van der Waals surface area contributed by atoms with E-state index in [9.17, 15) is 0 Å². The second-order valence-corrected chi connectivity index (χ2v) is 6.24. The van der Waals surface area contributed by atoms with Gasteiger partial charge in [0.15, 0.2) is 5.82 Å². The smallest absolute Gasteiger partial charge is 0.165 e. The van der Waals surface area contributed by atoms with Crippen LogP contribution in [-0.2, 0) is 19.5 Å². The molecule has 0 amide bonds. The van der Waals surface area contributed by atoms with Crippen LogP contribution in [0, 0.1) is 0 Å². The molecule has 0 radical (unpaired) electrons. The number of rotatable bonds is 7. The molecule has 3 rings (SSSR count). The minimum atomic E-state index is 0.381. The number of hydrogen-bond acceptors (Lipinski definition) is 5. The van der Waals surface area contributed by atoms with Gasteiger partial charge in [0.25, 0.3) is 0 Å². The van der Waals surface area contributed by atoms with Gasteiger partial charge in [0.2, 0.25) is 0 Å². The van der Waals surface area contributed by atoms with Crippen molar-refractivity contribution >= 4 is 0 Å². The molecule has 0 fully saturated rings. The van der Waals surface area contributed by atoms with Gasteiger partial charge in [0.05, 0.1) is 18.3 Å². The molecule has 1 aliphatic rings. The maximum Gasteiger partial charge on any atom is 0.165 e. The molecule has 6 heteroatoms. The zero-order valence-corrected chi connectivity index (χ0v) is 14.1. The average Bonchev–Trinajstić information content (AvgIpc) is 3.01. The van der Waals surface area contributed by atoms with Crippen LogP contribution in [0.2, 0.25) is 0 Å². The fourth-order valence-corrected chi connectivity index (χ4v) is 3.48. The Morgan fingerprint density at radius 1 is 1.30 bits per heavy atom. The maximum atomic E-state index is 4.69. The van der Waals surface area contributed by atoms with Crippen LogP contribution in [0.3, 0.4) is 0 Å². The van der Waals surface area contributed by atoms with E-state index in [-0.39, 0.29) is 0 Å². The lowest BCUT2D eigenvalue weighted by Crippen LogP contribution is -2.33. The molecule has 1 aliphatic carbocycles. The van der Waals surface area contributed by atoms with Gasteiger partial charge >= 0.3 is 0 Å². The molecule has 1 unspecified atom stereocenters. The highest BCUT2D eigenvalue weighted by atomic mass is 15.5. The van der Waals surface area contributed by atoms with Gasteiger partial charge in [0, 0.05) is 12.7 Å². The Morgan fingerprint density at radius 2 is 2.22 bits per heavy atom. The number of tetrazole rings is 1. The van der Waals surface area contributed by atoms with Gasteiger partial charge in [-0.3, -0.25) is 9.88 Å². The minimum Gasteiger partial charge on any atom is -0.287 e. The van der Waals surface area contributed by atoms with Gasteiger partial charge < -0.3 is 0 Å². The Morgan fingerprint density at radius 3 is 3.04 bits per heavy atom. The molecular weight excluding hydrogens is 288 g/mol. The lowest BCUT2D eigenvalue weighted by molar-refractivity contribution is 0.159. The second-order valence-electron chi connectivity index (χ2n) is 6.24. The zero-order valence-electron chi connectivity index (χ0n) is 14.1. The van der Waals surface area contributed by atoms with Crippen LogP contribution in [0.4, 0.5) is 0 Å². The summed E-state index contributed by atoms with van der Waals surface area (Å²) < 4.78 is 1.94. The zero-order chi connectivity index (χ0) is 16.1. The number of fused-ring (bicyclic) bond motifs is 1. The van der Waals surface area contributed by atoms with Crippen LogP contribution in [0.5, 0.6) is 0 Å². The van der Waals surface area contributed by atoms with Crippen molar-refractivity contribution in [2.45, 2.75) is 65.1 Å². The summed E-state index contributed by atoms with van der Waals surface area (Å²) in [5, 5.41) is 12.2. The Labute approximate surface area is 137 Å². The number of aryl methyl sites for hydroxylation is 2. The van der Waals surface area contributed by atoms with Crippen LogP contribution < -0.4 is 0 Å². The number of pyridine rings is 1. The van der Waals surface area contributed by atoms with Crippen molar-refractivity contribution in [3.8, 4) is 0 Å². The minimum absolute atomic E-state index is 0.381. The first-order valence-electron chi connectivity index (χ1n) is 8.76. The van der Waals surface area contributed by atoms with Crippen molar-refractivity contribution in [3.05, 3.63) is 35.4 Å². The number of aromatic nitrogens is 5. The van der Waals surface area contributed by atoms with Crippen LogP contribution in [0.25, 0.3) is 0 Å². The molecule has 2 aromatic heterocycles. The summed E-state index contributed by atoms with van der Waals surface area (Å²) in [5.74, 6) is 0.961. The highest BCUT2D eigenvalue weighted by Crippen LogP contribution is 2.33. The van der Waals surface area contributed by atoms with Crippen molar-refractivity contribution in [2.75, 3.05) is 6.54 Å². The highest BCUT2D eigenvalue weighted by Gasteiger charge is 2.27. The molecule has 23 heavy (non-hydrogen) atoms. The molecule has 2 heterocycles. The summed E-state index contributed by atoms with van der Waals surface area (Å²) in [6.45, 7) is 7.09. The summed E-state index contributed by atoms with van der Waals surface area (Å²) in [5.41, 5.74) is 2.65. The van der Waals surface area contributed by atoms with E-state index in [4.69, 9.17) is 4.98 Å². The summed E-state index contributed by atoms with van der Waals surface area (Å²) in [6, 6.07) is 4.65. The van der Waals surface area contributed by atoms with Gasteiger partial charge in [-0.05, 0) is 60.7 Å². The third-order valence-corrected chi connectivity index (χ3v) is 4.50. The van der Waals surface area contributed by atoms with E-state index < -0.39 is 0 Å². The van der Waals surface area contributed by atoms with Crippen molar-refractivity contribution in [1.29, 1.82) is 0 Å². The van der Waals surface area contributed by atoms with Gasteiger partial charge in [-0.25, -0.2) is 4.68 Å². The molecule has 124 valence electrons. The molecule has 6 nitrogen and oxygen atoms in total. The molecule has 0 aromatic carbocycles. The largest absolute Gasteiger partial charge is 0.287 e. The molecule has 1 atom stereocenters. The SMILES string of the molecule is CCCN(Cc1nnnn1CCC)C1CCCc2cccnc21. The molecule has 0 saturated carbocycles. The van der Waals surface area contributed by atoms with E-state index in [1.807, 2.05) is 16.9 Å².